The predicted octanol–water partition coefficient (Wildman–Crippen LogP) is 3.14. The van der Waals surface area contributed by atoms with Crippen molar-refractivity contribution >= 4 is 7.85 Å². The van der Waals surface area contributed by atoms with Crippen molar-refractivity contribution in [2.24, 2.45) is 0 Å². The molecule has 1 saturated heterocycles. The molecule has 0 aromatic heterocycles. The molecule has 1 heterocycles. The van der Waals surface area contributed by atoms with Gasteiger partial charge in [0.1, 0.15) is 7.85 Å². The van der Waals surface area contributed by atoms with Gasteiger partial charge in [-0.2, -0.15) is 0 Å². The van der Waals surface area contributed by atoms with Crippen molar-refractivity contribution in [3.8, 4) is 0 Å². The highest BCUT2D eigenvalue weighted by atomic mass is 16.5. The van der Waals surface area contributed by atoms with Gasteiger partial charge in [-0.25, -0.2) is 0 Å². The molecule has 0 aromatic rings. The Morgan fingerprint density at radius 2 is 1.57 bits per heavy atom. The zero-order valence-electron chi connectivity index (χ0n) is 13.9. The average molecular weight is 295 g/mol. The zero-order valence-corrected chi connectivity index (χ0v) is 13.9. The Bertz CT molecular complexity index is 241. The molecule has 0 spiro atoms. The van der Waals surface area contributed by atoms with E-state index in [9.17, 15) is 5.11 Å². The normalized spacial score (nSPS) is 25.5. The van der Waals surface area contributed by atoms with E-state index in [1.807, 2.05) is 0 Å². The molecule has 1 unspecified atom stereocenters. The van der Waals surface area contributed by atoms with Crippen molar-refractivity contribution in [2.75, 3.05) is 13.2 Å². The highest BCUT2D eigenvalue weighted by Crippen LogP contribution is 2.18. The minimum Gasteiger partial charge on any atom is -0.394 e. The van der Waals surface area contributed by atoms with Crippen LogP contribution in [0.1, 0.15) is 77.6 Å². The molecule has 0 amide bonds. The van der Waals surface area contributed by atoms with E-state index < -0.39 is 0 Å². The van der Waals surface area contributed by atoms with E-state index in [0.29, 0.717) is 0 Å². The minimum absolute atomic E-state index is 0.0589. The standard InChI is InChI=1S/C17H34BNO2/c1-2-3-4-5-6-7-8-9-10-11-12-19-15-13-17(18)21-16(15)14-20/h15-17,19-20H,2-14H2,1H3/t15?,16-,17-/m1/s1. The van der Waals surface area contributed by atoms with Crippen LogP contribution in [0.15, 0.2) is 0 Å². The van der Waals surface area contributed by atoms with Gasteiger partial charge in [-0.1, -0.05) is 64.7 Å². The topological polar surface area (TPSA) is 41.5 Å². The van der Waals surface area contributed by atoms with Gasteiger partial charge in [0.15, 0.2) is 0 Å². The molecular formula is C17H34BNO2. The summed E-state index contributed by atoms with van der Waals surface area (Å²) in [6.07, 6.45) is 14.3. The lowest BCUT2D eigenvalue weighted by Gasteiger charge is -2.17. The molecule has 0 bridgehead atoms. The maximum atomic E-state index is 9.21. The molecule has 1 fully saturated rings. The third kappa shape index (κ3) is 8.85. The summed E-state index contributed by atoms with van der Waals surface area (Å²) in [7, 11) is 5.75. The molecule has 0 aliphatic carbocycles. The molecule has 2 N–H and O–H groups in total. The van der Waals surface area contributed by atoms with Crippen LogP contribution in [0.5, 0.6) is 0 Å². The highest BCUT2D eigenvalue weighted by Gasteiger charge is 2.31. The van der Waals surface area contributed by atoms with Gasteiger partial charge < -0.3 is 15.2 Å². The first-order valence-electron chi connectivity index (χ1n) is 9.03. The van der Waals surface area contributed by atoms with Crippen molar-refractivity contribution in [2.45, 2.75) is 95.7 Å². The first-order chi connectivity index (χ1) is 10.3. The van der Waals surface area contributed by atoms with Gasteiger partial charge in [0.2, 0.25) is 0 Å². The molecule has 1 aliphatic rings. The van der Waals surface area contributed by atoms with Crippen LogP contribution in [0.2, 0.25) is 0 Å². The summed E-state index contributed by atoms with van der Waals surface area (Å²) in [5, 5.41) is 12.7. The lowest BCUT2D eigenvalue weighted by Crippen LogP contribution is -2.38. The fraction of sp³-hybridized carbons (Fsp3) is 1.00. The Labute approximate surface area is 132 Å². The molecule has 21 heavy (non-hydrogen) atoms. The zero-order chi connectivity index (χ0) is 15.3. The summed E-state index contributed by atoms with van der Waals surface area (Å²) in [5.74, 6) is 0. The lowest BCUT2D eigenvalue weighted by atomic mass is 9.95. The van der Waals surface area contributed by atoms with Crippen LogP contribution < -0.4 is 5.32 Å². The third-order valence-electron chi connectivity index (χ3n) is 4.40. The van der Waals surface area contributed by atoms with Gasteiger partial charge >= 0.3 is 0 Å². The molecule has 1 rings (SSSR count). The molecule has 0 aromatic carbocycles. The van der Waals surface area contributed by atoms with Crippen molar-refractivity contribution < 1.29 is 9.84 Å². The van der Waals surface area contributed by atoms with E-state index in [1.54, 1.807) is 0 Å². The minimum atomic E-state index is -0.215. The number of aliphatic hydroxyl groups is 1. The predicted molar refractivity (Wildman–Crippen MR) is 89.8 cm³/mol. The first kappa shape index (κ1) is 19.0. The largest absolute Gasteiger partial charge is 0.394 e. The molecule has 3 nitrogen and oxygen atoms in total. The number of hydrogen-bond acceptors (Lipinski definition) is 3. The Hall–Kier alpha value is -0.0551. The number of rotatable bonds is 13. The number of aliphatic hydroxyl groups excluding tert-OH is 1. The van der Waals surface area contributed by atoms with E-state index in [4.69, 9.17) is 12.6 Å². The molecule has 0 saturated carbocycles. The van der Waals surface area contributed by atoms with E-state index in [0.717, 1.165) is 13.0 Å². The fourth-order valence-corrected chi connectivity index (χ4v) is 3.06. The second-order valence-corrected chi connectivity index (χ2v) is 6.37. The van der Waals surface area contributed by atoms with Crippen LogP contribution in [0.3, 0.4) is 0 Å². The van der Waals surface area contributed by atoms with Crippen LogP contribution in [-0.2, 0) is 4.74 Å². The maximum absolute atomic E-state index is 9.21. The van der Waals surface area contributed by atoms with Gasteiger partial charge in [-0.05, 0) is 19.4 Å². The van der Waals surface area contributed by atoms with E-state index >= 15 is 0 Å². The summed E-state index contributed by atoms with van der Waals surface area (Å²) >= 11 is 0. The van der Waals surface area contributed by atoms with Gasteiger partial charge in [-0.3, -0.25) is 0 Å². The van der Waals surface area contributed by atoms with Crippen molar-refractivity contribution in [1.82, 2.24) is 5.32 Å². The molecule has 2 radical (unpaired) electrons. The third-order valence-corrected chi connectivity index (χ3v) is 4.40. The highest BCUT2D eigenvalue weighted by molar-refractivity contribution is 6.11. The quantitative estimate of drug-likeness (QED) is 0.405. The molecule has 3 atom stereocenters. The number of ether oxygens (including phenoxy) is 1. The average Bonchev–Trinajstić information content (AvgIpc) is 2.85. The Balaban J connectivity index is 1.84. The summed E-state index contributed by atoms with van der Waals surface area (Å²) < 4.78 is 5.44. The molecule has 4 heteroatoms. The second kappa shape index (κ2) is 12.5. The smallest absolute Gasteiger partial charge is 0.109 e. The van der Waals surface area contributed by atoms with Crippen LogP contribution in [0.4, 0.5) is 0 Å². The summed E-state index contributed by atoms with van der Waals surface area (Å²) in [5.41, 5.74) is 0. The maximum Gasteiger partial charge on any atom is 0.109 e. The molecule has 122 valence electrons. The molecule has 1 aliphatic heterocycles. The summed E-state index contributed by atoms with van der Waals surface area (Å²) in [4.78, 5) is 0. The van der Waals surface area contributed by atoms with E-state index in [1.165, 1.54) is 64.2 Å². The van der Waals surface area contributed by atoms with Crippen LogP contribution >= 0.6 is 0 Å². The SMILES string of the molecule is [B][C@H]1CC(NCCCCCCCCCCCC)[C@@H](CO)O1. The monoisotopic (exact) mass is 295 g/mol. The van der Waals surface area contributed by atoms with Crippen LogP contribution in [-0.4, -0.2) is 44.3 Å². The van der Waals surface area contributed by atoms with Crippen molar-refractivity contribution in [3.63, 3.8) is 0 Å². The van der Waals surface area contributed by atoms with Gasteiger partial charge in [0.05, 0.1) is 12.7 Å². The number of nitrogens with one attached hydrogen (secondary N) is 1. The summed E-state index contributed by atoms with van der Waals surface area (Å²) in [6, 6.07) is 0.0101. The van der Waals surface area contributed by atoms with Gasteiger partial charge in [0, 0.05) is 12.0 Å². The van der Waals surface area contributed by atoms with E-state index in [-0.39, 0.29) is 24.8 Å². The number of unbranched alkanes of at least 4 members (excludes halogenated alkanes) is 9. The Morgan fingerprint density at radius 3 is 2.14 bits per heavy atom. The first-order valence-corrected chi connectivity index (χ1v) is 9.03. The second-order valence-electron chi connectivity index (χ2n) is 6.37. The van der Waals surface area contributed by atoms with Crippen LogP contribution in [0.25, 0.3) is 0 Å². The van der Waals surface area contributed by atoms with Crippen LogP contribution in [0, 0.1) is 0 Å². The Kier molecular flexibility index (Phi) is 11.3. The van der Waals surface area contributed by atoms with Gasteiger partial charge in [-0.15, -0.1) is 0 Å². The summed E-state index contributed by atoms with van der Waals surface area (Å²) in [6.45, 7) is 3.33. The van der Waals surface area contributed by atoms with E-state index in [2.05, 4.69) is 12.2 Å². The van der Waals surface area contributed by atoms with Gasteiger partial charge in [0.25, 0.3) is 0 Å². The Morgan fingerprint density at radius 1 is 1.00 bits per heavy atom. The molecular weight excluding hydrogens is 261 g/mol. The van der Waals surface area contributed by atoms with Crippen molar-refractivity contribution in [1.29, 1.82) is 0 Å². The van der Waals surface area contributed by atoms with Crippen molar-refractivity contribution in [3.05, 3.63) is 0 Å². The lowest BCUT2D eigenvalue weighted by molar-refractivity contribution is 0.0334. The number of hydrogen-bond donors (Lipinski definition) is 2. The fourth-order valence-electron chi connectivity index (χ4n) is 3.06.